The van der Waals surface area contributed by atoms with Crippen molar-refractivity contribution in [2.45, 2.75) is 33.2 Å². The number of anilines is 1. The highest BCUT2D eigenvalue weighted by molar-refractivity contribution is 6.01. The number of carbonyl (C=O) groups excluding carboxylic acids is 1. The Hall–Kier alpha value is -3.54. The maximum Gasteiger partial charge on any atom is 0.221 e. The van der Waals surface area contributed by atoms with Gasteiger partial charge in [0.1, 0.15) is 5.69 Å². The van der Waals surface area contributed by atoms with Gasteiger partial charge in [-0.2, -0.15) is 5.10 Å². The Labute approximate surface area is 168 Å². The van der Waals surface area contributed by atoms with Crippen molar-refractivity contribution in [2.24, 2.45) is 0 Å². The fraction of sp³-hybridized carbons (Fsp3) is 0.217. The highest BCUT2D eigenvalue weighted by atomic mass is 16.1. The molecule has 0 fully saturated rings. The Morgan fingerprint density at radius 1 is 1.17 bits per heavy atom. The number of hydrogen-bond donors (Lipinski definition) is 1. The van der Waals surface area contributed by atoms with Crippen LogP contribution in [0.5, 0.6) is 0 Å². The van der Waals surface area contributed by atoms with Crippen molar-refractivity contribution >= 4 is 22.5 Å². The number of benzene rings is 1. The summed E-state index contributed by atoms with van der Waals surface area (Å²) in [5.41, 5.74) is 7.86. The summed E-state index contributed by atoms with van der Waals surface area (Å²) in [7, 11) is 0. The molecule has 0 saturated heterocycles. The van der Waals surface area contributed by atoms with Crippen LogP contribution in [0.1, 0.15) is 24.7 Å². The van der Waals surface area contributed by atoms with Crippen LogP contribution in [0, 0.1) is 6.92 Å². The fourth-order valence-corrected chi connectivity index (χ4v) is 4.12. The molecule has 6 heteroatoms. The van der Waals surface area contributed by atoms with Crippen molar-refractivity contribution in [1.29, 1.82) is 0 Å². The molecule has 3 aromatic heterocycles. The van der Waals surface area contributed by atoms with E-state index in [1.807, 2.05) is 49.5 Å². The third-order valence-electron chi connectivity index (χ3n) is 5.30. The molecule has 144 valence electrons. The number of carbonyl (C=O) groups is 1. The van der Waals surface area contributed by atoms with E-state index in [0.717, 1.165) is 64.2 Å². The van der Waals surface area contributed by atoms with Gasteiger partial charge < -0.3 is 5.32 Å². The molecule has 0 bridgehead atoms. The summed E-state index contributed by atoms with van der Waals surface area (Å²) in [5, 5.41) is 8.79. The summed E-state index contributed by atoms with van der Waals surface area (Å²) in [6, 6.07) is 13.9. The molecule has 0 atom stereocenters. The van der Waals surface area contributed by atoms with Crippen LogP contribution in [0.25, 0.3) is 33.4 Å². The SMILES string of the molecule is CC(=O)Nc1ccc2c(-c3c(-c4cccc(C)n4)nn4c3CCC4)ccnc2c1. The van der Waals surface area contributed by atoms with Gasteiger partial charge in [-0.15, -0.1) is 0 Å². The van der Waals surface area contributed by atoms with Crippen molar-refractivity contribution in [2.75, 3.05) is 5.32 Å². The second kappa shape index (κ2) is 6.81. The van der Waals surface area contributed by atoms with Crippen molar-refractivity contribution in [1.82, 2.24) is 19.7 Å². The van der Waals surface area contributed by atoms with Crippen molar-refractivity contribution in [3.8, 4) is 22.5 Å². The van der Waals surface area contributed by atoms with E-state index in [4.69, 9.17) is 10.1 Å². The molecular formula is C23H21N5O. The van der Waals surface area contributed by atoms with E-state index in [1.165, 1.54) is 12.6 Å². The van der Waals surface area contributed by atoms with E-state index in [1.54, 1.807) is 0 Å². The zero-order valence-electron chi connectivity index (χ0n) is 16.4. The standard InChI is InChI=1S/C23H21N5O/c1-14-5-3-6-19(25-14)23-22(21-7-4-12-28(21)27-23)18-10-11-24-20-13-16(26-15(2)29)8-9-17(18)20/h3,5-6,8-11,13H,4,7,12H2,1-2H3,(H,26,29). The molecule has 0 radical (unpaired) electrons. The van der Waals surface area contributed by atoms with Crippen molar-refractivity contribution in [3.05, 3.63) is 60.0 Å². The van der Waals surface area contributed by atoms with Gasteiger partial charge in [0, 0.05) is 47.7 Å². The quantitative estimate of drug-likeness (QED) is 0.570. The lowest BCUT2D eigenvalue weighted by atomic mass is 9.96. The first-order valence-electron chi connectivity index (χ1n) is 9.80. The Balaban J connectivity index is 1.74. The van der Waals surface area contributed by atoms with Gasteiger partial charge in [0.15, 0.2) is 0 Å². The van der Waals surface area contributed by atoms with Gasteiger partial charge in [-0.1, -0.05) is 12.1 Å². The number of pyridine rings is 2. The summed E-state index contributed by atoms with van der Waals surface area (Å²) >= 11 is 0. The van der Waals surface area contributed by atoms with Gasteiger partial charge in [-0.25, -0.2) is 0 Å². The molecule has 5 rings (SSSR count). The third kappa shape index (κ3) is 3.06. The van der Waals surface area contributed by atoms with Gasteiger partial charge in [0.2, 0.25) is 5.91 Å². The Morgan fingerprint density at radius 2 is 2.07 bits per heavy atom. The number of amides is 1. The molecule has 0 unspecified atom stereocenters. The molecule has 1 aliphatic heterocycles. The predicted octanol–water partition coefficient (Wildman–Crippen LogP) is 4.37. The van der Waals surface area contributed by atoms with Crippen LogP contribution < -0.4 is 5.32 Å². The molecule has 0 spiro atoms. The van der Waals surface area contributed by atoms with Crippen LogP contribution in [0.3, 0.4) is 0 Å². The zero-order chi connectivity index (χ0) is 20.0. The number of aryl methyl sites for hydroxylation is 2. The van der Waals surface area contributed by atoms with Crippen LogP contribution in [0.15, 0.2) is 48.7 Å². The highest BCUT2D eigenvalue weighted by Gasteiger charge is 2.25. The van der Waals surface area contributed by atoms with E-state index < -0.39 is 0 Å². The molecular weight excluding hydrogens is 362 g/mol. The minimum atomic E-state index is -0.0947. The van der Waals surface area contributed by atoms with Crippen LogP contribution in [0.2, 0.25) is 0 Å². The largest absolute Gasteiger partial charge is 0.326 e. The van der Waals surface area contributed by atoms with Crippen LogP contribution in [0.4, 0.5) is 5.69 Å². The topological polar surface area (TPSA) is 72.7 Å². The first-order valence-corrected chi connectivity index (χ1v) is 9.80. The van der Waals surface area contributed by atoms with Crippen LogP contribution in [-0.2, 0) is 17.8 Å². The fourth-order valence-electron chi connectivity index (χ4n) is 4.12. The van der Waals surface area contributed by atoms with E-state index >= 15 is 0 Å². The summed E-state index contributed by atoms with van der Waals surface area (Å²) in [4.78, 5) is 20.7. The van der Waals surface area contributed by atoms with E-state index in [2.05, 4.69) is 21.0 Å². The van der Waals surface area contributed by atoms with Gasteiger partial charge in [0.05, 0.1) is 11.2 Å². The molecule has 1 N–H and O–H groups in total. The molecule has 6 nitrogen and oxygen atoms in total. The summed E-state index contributed by atoms with van der Waals surface area (Å²) in [5.74, 6) is -0.0947. The number of hydrogen-bond acceptors (Lipinski definition) is 4. The molecule has 4 heterocycles. The lowest BCUT2D eigenvalue weighted by Crippen LogP contribution is -2.05. The molecule has 29 heavy (non-hydrogen) atoms. The monoisotopic (exact) mass is 383 g/mol. The molecule has 1 aromatic carbocycles. The first kappa shape index (κ1) is 17.6. The second-order valence-corrected chi connectivity index (χ2v) is 7.43. The molecule has 1 amide bonds. The summed E-state index contributed by atoms with van der Waals surface area (Å²) in [6.45, 7) is 4.44. The third-order valence-corrected chi connectivity index (χ3v) is 5.30. The van der Waals surface area contributed by atoms with Crippen LogP contribution >= 0.6 is 0 Å². The smallest absolute Gasteiger partial charge is 0.221 e. The van der Waals surface area contributed by atoms with Crippen LogP contribution in [-0.4, -0.2) is 25.7 Å². The zero-order valence-corrected chi connectivity index (χ0v) is 16.4. The lowest BCUT2D eigenvalue weighted by Gasteiger charge is -2.10. The molecule has 0 aliphatic carbocycles. The number of aromatic nitrogens is 4. The van der Waals surface area contributed by atoms with Crippen molar-refractivity contribution in [3.63, 3.8) is 0 Å². The van der Waals surface area contributed by atoms with E-state index in [9.17, 15) is 4.79 Å². The van der Waals surface area contributed by atoms with Gasteiger partial charge in [0.25, 0.3) is 0 Å². The number of nitrogens with one attached hydrogen (secondary N) is 1. The maximum atomic E-state index is 11.4. The Kier molecular flexibility index (Phi) is 4.12. The van der Waals surface area contributed by atoms with E-state index in [-0.39, 0.29) is 5.91 Å². The summed E-state index contributed by atoms with van der Waals surface area (Å²) < 4.78 is 2.12. The predicted molar refractivity (Wildman–Crippen MR) is 114 cm³/mol. The van der Waals surface area contributed by atoms with E-state index in [0.29, 0.717) is 0 Å². The normalized spacial score (nSPS) is 12.9. The number of rotatable bonds is 3. The second-order valence-electron chi connectivity index (χ2n) is 7.43. The minimum absolute atomic E-state index is 0.0947. The summed E-state index contributed by atoms with van der Waals surface area (Å²) in [6.07, 6.45) is 3.93. The lowest BCUT2D eigenvalue weighted by molar-refractivity contribution is -0.114. The number of nitrogens with zero attached hydrogens (tertiary/aromatic N) is 4. The number of fused-ring (bicyclic) bond motifs is 2. The van der Waals surface area contributed by atoms with Crippen molar-refractivity contribution < 1.29 is 4.79 Å². The molecule has 0 saturated carbocycles. The average Bonchev–Trinajstić information content (AvgIpc) is 3.28. The first-order chi connectivity index (χ1) is 14.1. The minimum Gasteiger partial charge on any atom is -0.326 e. The Bertz CT molecular complexity index is 1260. The van der Waals surface area contributed by atoms with Gasteiger partial charge >= 0.3 is 0 Å². The molecule has 1 aliphatic rings. The average molecular weight is 383 g/mol. The van der Waals surface area contributed by atoms with Gasteiger partial charge in [-0.3, -0.25) is 19.4 Å². The Morgan fingerprint density at radius 3 is 2.90 bits per heavy atom. The van der Waals surface area contributed by atoms with Gasteiger partial charge in [-0.05, 0) is 55.7 Å². The molecule has 4 aromatic rings. The highest BCUT2D eigenvalue weighted by Crippen LogP contribution is 2.40. The maximum absolute atomic E-state index is 11.4.